The van der Waals surface area contributed by atoms with E-state index in [0.717, 1.165) is 22.1 Å². The number of halogens is 1. The highest BCUT2D eigenvalue weighted by Gasteiger charge is 2.08. The minimum atomic E-state index is 0.261. The second-order valence-electron chi connectivity index (χ2n) is 4.98. The van der Waals surface area contributed by atoms with Gasteiger partial charge in [-0.1, -0.05) is 53.2 Å². The molecule has 3 aromatic rings. The van der Waals surface area contributed by atoms with Crippen molar-refractivity contribution >= 4 is 23.4 Å². The summed E-state index contributed by atoms with van der Waals surface area (Å²) in [6.07, 6.45) is 0. The fourth-order valence-electron chi connectivity index (χ4n) is 1.86. The molecule has 1 heterocycles. The van der Waals surface area contributed by atoms with Gasteiger partial charge in [0.15, 0.2) is 6.61 Å². The lowest BCUT2D eigenvalue weighted by Crippen LogP contribution is -1.95. The van der Waals surface area contributed by atoms with Gasteiger partial charge in [0, 0.05) is 10.8 Å². The average molecular weight is 347 g/mol. The van der Waals surface area contributed by atoms with Crippen LogP contribution in [0, 0.1) is 6.92 Å². The molecule has 2 aromatic carbocycles. The molecule has 0 spiro atoms. The third-order valence-corrected chi connectivity index (χ3v) is 4.25. The lowest BCUT2D eigenvalue weighted by Gasteiger charge is -2.02. The van der Waals surface area contributed by atoms with Gasteiger partial charge in [0.2, 0.25) is 0 Å². The van der Waals surface area contributed by atoms with Gasteiger partial charge in [-0.3, -0.25) is 0 Å². The summed E-state index contributed by atoms with van der Waals surface area (Å²) in [5.41, 5.74) is 2.34. The van der Waals surface area contributed by atoms with E-state index in [1.807, 2.05) is 55.5 Å². The molecule has 118 valence electrons. The number of aromatic nitrogens is 2. The van der Waals surface area contributed by atoms with Gasteiger partial charge in [-0.15, -0.1) is 10.2 Å². The van der Waals surface area contributed by atoms with Crippen LogP contribution in [0.15, 0.2) is 58.2 Å². The molecule has 4 nitrogen and oxygen atoms in total. The van der Waals surface area contributed by atoms with Crippen LogP contribution in [-0.4, -0.2) is 10.2 Å². The zero-order valence-electron chi connectivity index (χ0n) is 12.5. The van der Waals surface area contributed by atoms with Gasteiger partial charge in [0.05, 0.1) is 0 Å². The summed E-state index contributed by atoms with van der Waals surface area (Å²) in [5.74, 6) is 1.99. The summed E-state index contributed by atoms with van der Waals surface area (Å²) in [4.78, 5) is 0. The Morgan fingerprint density at radius 3 is 2.52 bits per heavy atom. The summed E-state index contributed by atoms with van der Waals surface area (Å²) >= 11 is 7.35. The Morgan fingerprint density at radius 2 is 1.78 bits per heavy atom. The van der Waals surface area contributed by atoms with Gasteiger partial charge in [0.1, 0.15) is 5.75 Å². The van der Waals surface area contributed by atoms with Crippen molar-refractivity contribution in [2.45, 2.75) is 24.5 Å². The van der Waals surface area contributed by atoms with Crippen molar-refractivity contribution in [1.82, 2.24) is 10.2 Å². The van der Waals surface area contributed by atoms with Crippen LogP contribution < -0.4 is 4.74 Å². The minimum Gasteiger partial charge on any atom is -0.484 e. The van der Waals surface area contributed by atoms with Crippen LogP contribution in [-0.2, 0) is 12.4 Å². The highest BCUT2D eigenvalue weighted by atomic mass is 35.5. The number of thioether (sulfide) groups is 1. The van der Waals surface area contributed by atoms with Crippen molar-refractivity contribution in [3.05, 3.63) is 70.6 Å². The molecule has 6 heteroatoms. The van der Waals surface area contributed by atoms with Crippen molar-refractivity contribution in [3.63, 3.8) is 0 Å². The normalized spacial score (nSPS) is 10.7. The summed E-state index contributed by atoms with van der Waals surface area (Å²) in [6, 6.07) is 15.5. The zero-order valence-corrected chi connectivity index (χ0v) is 14.1. The van der Waals surface area contributed by atoms with E-state index in [9.17, 15) is 0 Å². The topological polar surface area (TPSA) is 48.2 Å². The molecule has 3 rings (SSSR count). The molecule has 0 fully saturated rings. The van der Waals surface area contributed by atoms with Crippen LogP contribution in [0.25, 0.3) is 0 Å². The standard InChI is InChI=1S/C17H15ClN2O2S/c1-12-2-8-15(9-3-12)21-10-16-19-20-17(22-16)23-11-13-4-6-14(18)7-5-13/h2-9H,10-11H2,1H3. The molecule has 0 unspecified atom stereocenters. The highest BCUT2D eigenvalue weighted by molar-refractivity contribution is 7.98. The Kier molecular flexibility index (Phi) is 5.20. The maximum atomic E-state index is 5.86. The summed E-state index contributed by atoms with van der Waals surface area (Å²) in [7, 11) is 0. The molecule has 0 saturated carbocycles. The van der Waals surface area contributed by atoms with Gasteiger partial charge < -0.3 is 9.15 Å². The second kappa shape index (κ2) is 7.53. The van der Waals surface area contributed by atoms with Crippen molar-refractivity contribution in [2.24, 2.45) is 0 Å². The van der Waals surface area contributed by atoms with Gasteiger partial charge in [0.25, 0.3) is 11.1 Å². The van der Waals surface area contributed by atoms with Crippen LogP contribution >= 0.6 is 23.4 Å². The summed E-state index contributed by atoms with van der Waals surface area (Å²) in [6.45, 7) is 2.30. The van der Waals surface area contributed by atoms with E-state index in [4.69, 9.17) is 20.8 Å². The van der Waals surface area contributed by atoms with E-state index in [1.165, 1.54) is 17.3 Å². The maximum Gasteiger partial charge on any atom is 0.277 e. The third-order valence-electron chi connectivity index (χ3n) is 3.11. The number of hydrogen-bond donors (Lipinski definition) is 0. The molecule has 0 aliphatic carbocycles. The average Bonchev–Trinajstić information content (AvgIpc) is 3.02. The Bertz CT molecular complexity index is 693. The quantitative estimate of drug-likeness (QED) is 0.594. The Morgan fingerprint density at radius 1 is 1.04 bits per heavy atom. The van der Waals surface area contributed by atoms with Crippen molar-refractivity contribution < 1.29 is 9.15 Å². The zero-order chi connectivity index (χ0) is 16.1. The number of nitrogens with zero attached hydrogens (tertiary/aromatic N) is 2. The fourth-order valence-corrected chi connectivity index (χ4v) is 2.72. The fraction of sp³-hybridized carbons (Fsp3) is 0.176. The van der Waals surface area contributed by atoms with Crippen LogP contribution in [0.1, 0.15) is 17.0 Å². The molecule has 0 aliphatic heterocycles. The van der Waals surface area contributed by atoms with E-state index in [-0.39, 0.29) is 6.61 Å². The Hall–Kier alpha value is -1.98. The smallest absolute Gasteiger partial charge is 0.277 e. The van der Waals surface area contributed by atoms with Crippen LogP contribution in [0.4, 0.5) is 0 Å². The Balaban J connectivity index is 1.51. The molecule has 0 N–H and O–H groups in total. The van der Waals surface area contributed by atoms with E-state index in [0.29, 0.717) is 11.1 Å². The van der Waals surface area contributed by atoms with E-state index < -0.39 is 0 Å². The van der Waals surface area contributed by atoms with Gasteiger partial charge in [-0.2, -0.15) is 0 Å². The molecule has 0 aliphatic rings. The highest BCUT2D eigenvalue weighted by Crippen LogP contribution is 2.23. The molecule has 0 amide bonds. The maximum absolute atomic E-state index is 5.86. The third kappa shape index (κ3) is 4.74. The molecule has 1 aromatic heterocycles. The molecule has 0 radical (unpaired) electrons. The van der Waals surface area contributed by atoms with Gasteiger partial charge in [-0.05, 0) is 36.8 Å². The first kappa shape index (κ1) is 15.9. The molecular weight excluding hydrogens is 332 g/mol. The van der Waals surface area contributed by atoms with E-state index >= 15 is 0 Å². The number of aryl methyl sites for hydroxylation is 1. The molecular formula is C17H15ClN2O2S. The summed E-state index contributed by atoms with van der Waals surface area (Å²) in [5, 5.41) is 9.27. The first-order valence-corrected chi connectivity index (χ1v) is 8.44. The molecule has 0 saturated heterocycles. The predicted octanol–water partition coefficient (Wildman–Crippen LogP) is 4.90. The van der Waals surface area contributed by atoms with Crippen molar-refractivity contribution in [2.75, 3.05) is 0 Å². The Labute approximate surface area is 143 Å². The SMILES string of the molecule is Cc1ccc(OCc2nnc(SCc3ccc(Cl)cc3)o2)cc1. The molecule has 23 heavy (non-hydrogen) atoms. The lowest BCUT2D eigenvalue weighted by molar-refractivity contribution is 0.252. The largest absolute Gasteiger partial charge is 0.484 e. The number of ether oxygens (including phenoxy) is 1. The predicted molar refractivity (Wildman–Crippen MR) is 90.8 cm³/mol. The van der Waals surface area contributed by atoms with Crippen molar-refractivity contribution in [3.8, 4) is 5.75 Å². The summed E-state index contributed by atoms with van der Waals surface area (Å²) < 4.78 is 11.2. The number of hydrogen-bond acceptors (Lipinski definition) is 5. The second-order valence-corrected chi connectivity index (χ2v) is 6.34. The lowest BCUT2D eigenvalue weighted by atomic mass is 10.2. The van der Waals surface area contributed by atoms with Crippen LogP contribution in [0.3, 0.4) is 0 Å². The molecule has 0 atom stereocenters. The first-order valence-electron chi connectivity index (χ1n) is 7.08. The minimum absolute atomic E-state index is 0.261. The van der Waals surface area contributed by atoms with Gasteiger partial charge >= 0.3 is 0 Å². The van der Waals surface area contributed by atoms with Crippen LogP contribution in [0.5, 0.6) is 5.75 Å². The van der Waals surface area contributed by atoms with Crippen LogP contribution in [0.2, 0.25) is 5.02 Å². The van der Waals surface area contributed by atoms with Gasteiger partial charge in [-0.25, -0.2) is 0 Å². The number of benzene rings is 2. The molecule has 0 bridgehead atoms. The first-order chi connectivity index (χ1) is 11.2. The number of rotatable bonds is 6. The van der Waals surface area contributed by atoms with E-state index in [1.54, 1.807) is 0 Å². The van der Waals surface area contributed by atoms with E-state index in [2.05, 4.69) is 10.2 Å². The monoisotopic (exact) mass is 346 g/mol. The van der Waals surface area contributed by atoms with Crippen molar-refractivity contribution in [1.29, 1.82) is 0 Å².